The summed E-state index contributed by atoms with van der Waals surface area (Å²) in [5.41, 5.74) is 5.18. The maximum absolute atomic E-state index is 14.1. The van der Waals surface area contributed by atoms with E-state index in [1.165, 1.54) is 0 Å². The van der Waals surface area contributed by atoms with Crippen LogP contribution >= 0.6 is 27.5 Å². The molecule has 3 N–H and O–H groups in total. The Morgan fingerprint density at radius 3 is 2.50 bits per heavy atom. The average molecular weight is 388 g/mol. The third-order valence-electron chi connectivity index (χ3n) is 3.00. The summed E-state index contributed by atoms with van der Waals surface area (Å²) in [5.74, 6) is -0.923. The Bertz CT molecular complexity index is 608. The van der Waals surface area contributed by atoms with E-state index >= 15 is 0 Å². The number of hydrogen-bond donors (Lipinski definition) is 2. The van der Waals surface area contributed by atoms with Crippen LogP contribution in [-0.4, -0.2) is 14.5 Å². The zero-order chi connectivity index (χ0) is 15.7. The molecule has 1 aromatic rings. The fourth-order valence-electron chi connectivity index (χ4n) is 1.75. The highest BCUT2D eigenvalue weighted by molar-refractivity contribution is 9.10. The Morgan fingerprint density at radius 1 is 1.50 bits per heavy atom. The Kier molecular flexibility index (Phi) is 5.83. The van der Waals surface area contributed by atoms with E-state index in [9.17, 15) is 12.8 Å². The van der Waals surface area contributed by atoms with Gasteiger partial charge in [0.15, 0.2) is 5.82 Å². The fourth-order valence-corrected chi connectivity index (χ4v) is 3.90. The minimum absolute atomic E-state index is 0.0434. The molecule has 0 aliphatic heterocycles. The highest BCUT2D eigenvalue weighted by atomic mass is 79.9. The van der Waals surface area contributed by atoms with Gasteiger partial charge in [-0.25, -0.2) is 17.5 Å². The lowest BCUT2D eigenvalue weighted by Gasteiger charge is -2.21. The number of nitrogen functional groups attached to an aromatic ring is 1. The molecule has 1 aromatic carbocycles. The molecule has 0 saturated heterocycles. The number of anilines is 1. The lowest BCUT2D eigenvalue weighted by molar-refractivity contribution is 0.435. The first-order valence-corrected chi connectivity index (χ1v) is 8.72. The van der Waals surface area contributed by atoms with Gasteiger partial charge < -0.3 is 5.73 Å². The molecule has 0 amide bonds. The van der Waals surface area contributed by atoms with Gasteiger partial charge in [0.1, 0.15) is 4.90 Å². The van der Waals surface area contributed by atoms with Crippen molar-refractivity contribution >= 4 is 43.2 Å². The topological polar surface area (TPSA) is 72.2 Å². The van der Waals surface area contributed by atoms with Gasteiger partial charge in [0.2, 0.25) is 10.0 Å². The number of nitrogens with two attached hydrogens (primary N) is 1. The molecule has 1 atom stereocenters. The molecule has 1 unspecified atom stereocenters. The number of halogens is 3. The van der Waals surface area contributed by atoms with Crippen molar-refractivity contribution in [3.05, 3.63) is 21.4 Å². The fraction of sp³-hybridized carbons (Fsp3) is 0.500. The van der Waals surface area contributed by atoms with E-state index in [1.54, 1.807) is 0 Å². The minimum Gasteiger partial charge on any atom is -0.395 e. The first kappa shape index (κ1) is 17.7. The molecular formula is C12H17BrClFN2O2S. The molecule has 20 heavy (non-hydrogen) atoms. The monoisotopic (exact) mass is 386 g/mol. The van der Waals surface area contributed by atoms with E-state index in [2.05, 4.69) is 20.7 Å². The molecule has 4 nitrogen and oxygen atoms in total. The summed E-state index contributed by atoms with van der Waals surface area (Å²) >= 11 is 8.85. The zero-order valence-electron chi connectivity index (χ0n) is 11.4. The van der Waals surface area contributed by atoms with E-state index in [4.69, 9.17) is 17.3 Å². The van der Waals surface area contributed by atoms with Gasteiger partial charge in [-0.05, 0) is 34.3 Å². The van der Waals surface area contributed by atoms with Gasteiger partial charge in [0.25, 0.3) is 0 Å². The molecule has 8 heteroatoms. The molecule has 0 aromatic heterocycles. The number of sulfonamides is 1. The molecule has 0 saturated carbocycles. The molecule has 0 bridgehead atoms. The third kappa shape index (κ3) is 3.63. The summed E-state index contributed by atoms with van der Waals surface area (Å²) < 4.78 is 41.2. The van der Waals surface area contributed by atoms with Crippen molar-refractivity contribution in [2.24, 2.45) is 5.92 Å². The van der Waals surface area contributed by atoms with Crippen LogP contribution in [0.2, 0.25) is 5.02 Å². The van der Waals surface area contributed by atoms with Crippen LogP contribution in [0.4, 0.5) is 10.1 Å². The van der Waals surface area contributed by atoms with Crippen LogP contribution in [0.5, 0.6) is 0 Å². The van der Waals surface area contributed by atoms with Gasteiger partial charge in [0.05, 0.1) is 15.2 Å². The first-order valence-electron chi connectivity index (χ1n) is 6.07. The second kappa shape index (κ2) is 6.60. The predicted molar refractivity (Wildman–Crippen MR) is 82.8 cm³/mol. The van der Waals surface area contributed by atoms with Crippen molar-refractivity contribution in [2.75, 3.05) is 5.73 Å². The van der Waals surface area contributed by atoms with Crippen LogP contribution in [-0.2, 0) is 10.0 Å². The highest BCUT2D eigenvalue weighted by Gasteiger charge is 2.27. The molecule has 0 spiro atoms. The molecule has 0 heterocycles. The van der Waals surface area contributed by atoms with Crippen molar-refractivity contribution in [3.63, 3.8) is 0 Å². The lowest BCUT2D eigenvalue weighted by atomic mass is 10.0. The van der Waals surface area contributed by atoms with Crippen molar-refractivity contribution in [3.8, 4) is 0 Å². The summed E-state index contributed by atoms with van der Waals surface area (Å²) in [4.78, 5) is -0.540. The van der Waals surface area contributed by atoms with Crippen LogP contribution in [0.15, 0.2) is 15.4 Å². The van der Waals surface area contributed by atoms with Crippen molar-refractivity contribution in [1.82, 2.24) is 4.72 Å². The minimum atomic E-state index is -4.02. The van der Waals surface area contributed by atoms with Gasteiger partial charge in [0, 0.05) is 6.04 Å². The second-order valence-electron chi connectivity index (χ2n) is 4.78. The maximum Gasteiger partial charge on any atom is 0.243 e. The van der Waals surface area contributed by atoms with Crippen LogP contribution in [0.1, 0.15) is 27.2 Å². The van der Waals surface area contributed by atoms with Crippen LogP contribution < -0.4 is 10.5 Å². The number of hydrogen-bond acceptors (Lipinski definition) is 3. The SMILES string of the molecule is CCC(NS(=O)(=O)c1cc(Cl)c(Br)c(N)c1F)C(C)C. The van der Waals surface area contributed by atoms with Gasteiger partial charge >= 0.3 is 0 Å². The normalized spacial score (nSPS) is 13.8. The van der Waals surface area contributed by atoms with E-state index < -0.39 is 20.7 Å². The van der Waals surface area contributed by atoms with Crippen molar-refractivity contribution < 1.29 is 12.8 Å². The van der Waals surface area contributed by atoms with Crippen LogP contribution in [0.25, 0.3) is 0 Å². The number of nitrogens with one attached hydrogen (secondary N) is 1. The highest BCUT2D eigenvalue weighted by Crippen LogP contribution is 2.34. The molecular weight excluding hydrogens is 371 g/mol. The average Bonchev–Trinajstić information content (AvgIpc) is 2.37. The summed E-state index contributed by atoms with van der Waals surface area (Å²) in [6.45, 7) is 5.62. The number of benzene rings is 1. The maximum atomic E-state index is 14.1. The van der Waals surface area contributed by atoms with Gasteiger partial charge in [-0.2, -0.15) is 0 Å². The second-order valence-corrected chi connectivity index (χ2v) is 7.66. The number of rotatable bonds is 5. The molecule has 0 fully saturated rings. The van der Waals surface area contributed by atoms with Crippen LogP contribution in [0, 0.1) is 11.7 Å². The third-order valence-corrected chi connectivity index (χ3v) is 5.87. The molecule has 0 radical (unpaired) electrons. The summed E-state index contributed by atoms with van der Waals surface area (Å²) in [6.07, 6.45) is 0.595. The standard InChI is InChI=1S/C12H17BrClFN2O2S/c1-4-8(6(2)3)17-20(18,19)9-5-7(14)10(13)12(16)11(9)15/h5-6,8,17H,4,16H2,1-3H3. The molecule has 114 valence electrons. The Hall–Kier alpha value is -0.370. The largest absolute Gasteiger partial charge is 0.395 e. The zero-order valence-corrected chi connectivity index (χ0v) is 14.5. The summed E-state index contributed by atoms with van der Waals surface area (Å²) in [7, 11) is -4.02. The quantitative estimate of drug-likeness (QED) is 0.599. The van der Waals surface area contributed by atoms with Gasteiger partial charge in [-0.15, -0.1) is 0 Å². The van der Waals surface area contributed by atoms with E-state index in [1.807, 2.05) is 20.8 Å². The van der Waals surface area contributed by atoms with Crippen molar-refractivity contribution in [2.45, 2.75) is 38.1 Å². The Labute approximate surface area is 132 Å². The Morgan fingerprint density at radius 2 is 2.05 bits per heavy atom. The van der Waals surface area contributed by atoms with E-state index in [0.29, 0.717) is 6.42 Å². The van der Waals surface area contributed by atoms with E-state index in [-0.39, 0.29) is 27.1 Å². The van der Waals surface area contributed by atoms with Gasteiger partial charge in [-0.3, -0.25) is 0 Å². The lowest BCUT2D eigenvalue weighted by Crippen LogP contribution is -2.38. The predicted octanol–water partition coefficient (Wildman–Crippen LogP) is 3.54. The molecule has 1 rings (SSSR count). The summed E-state index contributed by atoms with van der Waals surface area (Å²) in [5, 5.41) is 0.0434. The van der Waals surface area contributed by atoms with E-state index in [0.717, 1.165) is 6.07 Å². The first-order chi connectivity index (χ1) is 9.11. The van der Waals surface area contributed by atoms with Crippen molar-refractivity contribution in [1.29, 1.82) is 0 Å². The Balaban J connectivity index is 3.30. The van der Waals surface area contributed by atoms with Gasteiger partial charge in [-0.1, -0.05) is 32.4 Å². The molecule has 0 aliphatic rings. The van der Waals surface area contributed by atoms with Crippen LogP contribution in [0.3, 0.4) is 0 Å². The summed E-state index contributed by atoms with van der Waals surface area (Å²) in [6, 6.07) is 0.759. The smallest absolute Gasteiger partial charge is 0.243 e. The molecule has 0 aliphatic carbocycles.